The lowest BCUT2D eigenvalue weighted by atomic mass is 9.77. The second-order valence-electron chi connectivity index (χ2n) is 8.10. The minimum atomic E-state index is -4.93. The summed E-state index contributed by atoms with van der Waals surface area (Å²) in [6.45, 7) is 3.26. The Hall–Kier alpha value is -3.48. The maximum absolute atomic E-state index is 14.5. The van der Waals surface area contributed by atoms with E-state index in [9.17, 15) is 36.7 Å². The molecule has 190 valence electrons. The molecule has 1 fully saturated rings. The first-order chi connectivity index (χ1) is 16.2. The van der Waals surface area contributed by atoms with Crippen molar-refractivity contribution in [1.82, 2.24) is 4.73 Å². The minimum Gasteiger partial charge on any atom is -0.490 e. The van der Waals surface area contributed by atoms with E-state index in [1.807, 2.05) is 0 Å². The van der Waals surface area contributed by atoms with E-state index in [-0.39, 0.29) is 17.5 Å². The summed E-state index contributed by atoms with van der Waals surface area (Å²) in [5, 5.41) is 9.42. The van der Waals surface area contributed by atoms with Gasteiger partial charge in [0.2, 0.25) is 5.82 Å². The first-order valence-corrected chi connectivity index (χ1v) is 10.4. The van der Waals surface area contributed by atoms with E-state index in [2.05, 4.69) is 4.99 Å². The zero-order valence-electron chi connectivity index (χ0n) is 18.8. The number of nitrogens with two attached hydrogens (primary N) is 1. The number of rotatable bonds is 5. The Morgan fingerprint density at radius 2 is 1.94 bits per heavy atom. The van der Waals surface area contributed by atoms with Crippen molar-refractivity contribution >= 4 is 11.8 Å². The normalized spacial score (nSPS) is 25.0. The number of carbonyl (C=O) groups is 2. The van der Waals surface area contributed by atoms with E-state index >= 15 is 0 Å². The summed E-state index contributed by atoms with van der Waals surface area (Å²) in [5.74, 6) is -8.46. The Bertz CT molecular complexity index is 1230. The monoisotopic (exact) mass is 503 g/mol. The van der Waals surface area contributed by atoms with Crippen LogP contribution in [0, 0.1) is 17.6 Å². The molecule has 0 aliphatic carbocycles. The van der Waals surface area contributed by atoms with Gasteiger partial charge in [-0.15, -0.1) is 0 Å². The molecule has 2 aromatic rings. The Balaban J connectivity index is 2.19. The van der Waals surface area contributed by atoms with Crippen LogP contribution in [0.5, 0.6) is 5.75 Å². The highest BCUT2D eigenvalue weighted by Gasteiger charge is 2.65. The SMILES string of the molecule is CCOc1c([C@H]2[C@H](C(=O)N=c3ccn(O)c(C(N)=O)c3)O[C@](C)(C(F)(F)F)[C@H]2C)ccc(F)c1F. The number of hydrogen-bond acceptors (Lipinski definition) is 5. The highest BCUT2D eigenvalue weighted by atomic mass is 19.4. The number of amides is 2. The third kappa shape index (κ3) is 4.59. The van der Waals surface area contributed by atoms with Crippen LogP contribution in [0.25, 0.3) is 0 Å². The molecule has 3 N–H and O–H groups in total. The van der Waals surface area contributed by atoms with Crippen molar-refractivity contribution in [1.29, 1.82) is 0 Å². The third-order valence-corrected chi connectivity index (χ3v) is 6.05. The smallest absolute Gasteiger partial charge is 0.417 e. The van der Waals surface area contributed by atoms with Gasteiger partial charge < -0.3 is 20.4 Å². The minimum absolute atomic E-state index is 0.129. The van der Waals surface area contributed by atoms with Crippen LogP contribution >= 0.6 is 0 Å². The van der Waals surface area contributed by atoms with E-state index in [1.54, 1.807) is 0 Å². The molecule has 4 atom stereocenters. The van der Waals surface area contributed by atoms with Gasteiger partial charge in [0.1, 0.15) is 11.8 Å². The summed E-state index contributed by atoms with van der Waals surface area (Å²) in [6, 6.07) is 3.81. The van der Waals surface area contributed by atoms with Crippen molar-refractivity contribution in [3.8, 4) is 5.75 Å². The molecular weight excluding hydrogens is 481 g/mol. The van der Waals surface area contributed by atoms with Crippen LogP contribution in [-0.4, -0.2) is 46.2 Å². The number of alkyl halides is 3. The van der Waals surface area contributed by atoms with Crippen LogP contribution in [0.4, 0.5) is 22.0 Å². The van der Waals surface area contributed by atoms with Crippen LogP contribution in [0.1, 0.15) is 42.7 Å². The molecule has 1 aliphatic heterocycles. The van der Waals surface area contributed by atoms with Crippen LogP contribution in [0.15, 0.2) is 35.5 Å². The number of benzene rings is 1. The standard InChI is InChI=1S/C22H22F5N3O5/c1-4-34-17-12(5-6-13(23)16(17)24)15-10(2)21(3,22(25,26)27)35-18(15)20(32)29-11-7-8-30(33)14(9-11)19(28)31/h5-10,15,18,33H,4H2,1-3H3,(H2,28,31)/t10-,15-,18+,21-/m0/s1. The van der Waals surface area contributed by atoms with Gasteiger partial charge in [-0.2, -0.15) is 22.3 Å². The highest BCUT2D eigenvalue weighted by molar-refractivity contribution is 5.91. The quantitative estimate of drug-likeness (QED) is 0.481. The lowest BCUT2D eigenvalue weighted by molar-refractivity contribution is -0.272. The molecule has 0 unspecified atom stereocenters. The molecule has 0 radical (unpaired) electrons. The molecule has 2 amide bonds. The third-order valence-electron chi connectivity index (χ3n) is 6.05. The molecule has 0 bridgehead atoms. The first kappa shape index (κ1) is 26.1. The second-order valence-corrected chi connectivity index (χ2v) is 8.10. The number of ether oxygens (including phenoxy) is 2. The average molecular weight is 503 g/mol. The molecule has 35 heavy (non-hydrogen) atoms. The zero-order valence-corrected chi connectivity index (χ0v) is 18.8. The van der Waals surface area contributed by atoms with E-state index < -0.39 is 64.6 Å². The lowest BCUT2D eigenvalue weighted by Crippen LogP contribution is -2.47. The molecule has 1 aromatic heterocycles. The molecule has 2 heterocycles. The van der Waals surface area contributed by atoms with E-state index in [1.165, 1.54) is 13.8 Å². The van der Waals surface area contributed by atoms with Crippen molar-refractivity contribution in [3.05, 3.63) is 58.7 Å². The number of primary amides is 1. The number of aromatic nitrogens is 1. The van der Waals surface area contributed by atoms with E-state index in [0.717, 1.165) is 37.4 Å². The van der Waals surface area contributed by atoms with E-state index in [0.29, 0.717) is 4.73 Å². The van der Waals surface area contributed by atoms with Gasteiger partial charge in [0.15, 0.2) is 17.2 Å². The van der Waals surface area contributed by atoms with Gasteiger partial charge in [0, 0.05) is 23.6 Å². The maximum atomic E-state index is 14.5. The fourth-order valence-electron chi connectivity index (χ4n) is 4.04. The van der Waals surface area contributed by atoms with Crippen LogP contribution in [0.3, 0.4) is 0 Å². The Morgan fingerprint density at radius 3 is 2.51 bits per heavy atom. The molecule has 1 aliphatic rings. The summed E-state index contributed by atoms with van der Waals surface area (Å²) in [5.41, 5.74) is 1.65. The summed E-state index contributed by atoms with van der Waals surface area (Å²) >= 11 is 0. The Morgan fingerprint density at radius 1 is 1.29 bits per heavy atom. The topological polar surface area (TPSA) is 116 Å². The molecule has 0 spiro atoms. The molecule has 13 heteroatoms. The highest BCUT2D eigenvalue weighted by Crippen LogP contribution is 2.55. The van der Waals surface area contributed by atoms with Gasteiger partial charge in [0.25, 0.3) is 11.8 Å². The summed E-state index contributed by atoms with van der Waals surface area (Å²) < 4.78 is 81.3. The Labute approximate surface area is 195 Å². The summed E-state index contributed by atoms with van der Waals surface area (Å²) in [6.07, 6.45) is -5.86. The van der Waals surface area contributed by atoms with Crippen molar-refractivity contribution in [3.63, 3.8) is 0 Å². The first-order valence-electron chi connectivity index (χ1n) is 10.4. The fourth-order valence-corrected chi connectivity index (χ4v) is 4.04. The van der Waals surface area contributed by atoms with Crippen LogP contribution in [-0.2, 0) is 9.53 Å². The average Bonchev–Trinajstić information content (AvgIpc) is 3.05. The zero-order chi connectivity index (χ0) is 26.3. The van der Waals surface area contributed by atoms with Gasteiger partial charge in [0.05, 0.1) is 12.0 Å². The molecule has 1 aromatic carbocycles. The van der Waals surface area contributed by atoms with Crippen molar-refractivity contribution in [2.75, 3.05) is 6.61 Å². The van der Waals surface area contributed by atoms with Gasteiger partial charge in [-0.3, -0.25) is 9.59 Å². The van der Waals surface area contributed by atoms with Gasteiger partial charge >= 0.3 is 6.18 Å². The molecule has 8 nitrogen and oxygen atoms in total. The number of pyridine rings is 1. The number of halogens is 5. The van der Waals surface area contributed by atoms with Crippen LogP contribution < -0.4 is 15.8 Å². The largest absolute Gasteiger partial charge is 0.490 e. The second kappa shape index (κ2) is 9.29. The van der Waals surface area contributed by atoms with Gasteiger partial charge in [-0.1, -0.05) is 13.0 Å². The summed E-state index contributed by atoms with van der Waals surface area (Å²) in [4.78, 5) is 28.3. The maximum Gasteiger partial charge on any atom is 0.417 e. The number of carbonyl (C=O) groups excluding carboxylic acids is 2. The van der Waals surface area contributed by atoms with Crippen molar-refractivity contribution in [2.45, 2.75) is 44.6 Å². The predicted molar refractivity (Wildman–Crippen MR) is 109 cm³/mol. The van der Waals surface area contributed by atoms with Crippen molar-refractivity contribution < 1.29 is 46.2 Å². The van der Waals surface area contributed by atoms with Crippen LogP contribution in [0.2, 0.25) is 0 Å². The number of hydrogen-bond donors (Lipinski definition) is 2. The van der Waals surface area contributed by atoms with Gasteiger partial charge in [-0.05, 0) is 32.0 Å². The molecule has 3 rings (SSSR count). The fraction of sp³-hybridized carbons (Fsp3) is 0.409. The molecular formula is C22H22F5N3O5. The molecule has 1 saturated heterocycles. The van der Waals surface area contributed by atoms with E-state index in [4.69, 9.17) is 15.2 Å². The van der Waals surface area contributed by atoms with Crippen molar-refractivity contribution in [2.24, 2.45) is 16.6 Å². The number of nitrogens with zero attached hydrogens (tertiary/aromatic N) is 2. The lowest BCUT2D eigenvalue weighted by Gasteiger charge is -2.32. The molecule has 0 saturated carbocycles. The predicted octanol–water partition coefficient (Wildman–Crippen LogP) is 3.07. The summed E-state index contributed by atoms with van der Waals surface area (Å²) in [7, 11) is 0. The Kier molecular flexibility index (Phi) is 6.93. The van der Waals surface area contributed by atoms with Gasteiger partial charge in [-0.25, -0.2) is 9.38 Å².